The number of hydrogen-bond donors (Lipinski definition) is 1. The van der Waals surface area contributed by atoms with E-state index in [1.54, 1.807) is 13.3 Å². The molecule has 1 aromatic rings. The first-order valence-electron chi connectivity index (χ1n) is 5.94. The van der Waals surface area contributed by atoms with Gasteiger partial charge in [0.1, 0.15) is 9.84 Å². The molecule has 0 fully saturated rings. The molecule has 104 valence electrons. The zero-order chi connectivity index (χ0) is 13.4. The van der Waals surface area contributed by atoms with Crippen molar-refractivity contribution in [3.63, 3.8) is 0 Å². The normalized spacial score (nSPS) is 11.7. The van der Waals surface area contributed by atoms with Crippen molar-refractivity contribution in [2.24, 2.45) is 0 Å². The zero-order valence-electron chi connectivity index (χ0n) is 10.9. The summed E-state index contributed by atoms with van der Waals surface area (Å²) in [6, 6.07) is 0. The van der Waals surface area contributed by atoms with Gasteiger partial charge in [0.2, 0.25) is 5.95 Å². The Morgan fingerprint density at radius 1 is 1.44 bits per heavy atom. The molecule has 6 nitrogen and oxygen atoms in total. The molecular formula is C11H21N3O3S. The van der Waals surface area contributed by atoms with Crippen LogP contribution in [0.4, 0.5) is 5.95 Å². The van der Waals surface area contributed by atoms with E-state index in [4.69, 9.17) is 4.74 Å². The van der Waals surface area contributed by atoms with Crippen LogP contribution in [-0.2, 0) is 21.1 Å². The van der Waals surface area contributed by atoms with Crippen LogP contribution in [0.3, 0.4) is 0 Å². The molecule has 1 heterocycles. The second-order valence-electron chi connectivity index (χ2n) is 4.20. The van der Waals surface area contributed by atoms with Crippen LogP contribution in [0.25, 0.3) is 0 Å². The third kappa shape index (κ3) is 6.02. The fourth-order valence-electron chi connectivity index (χ4n) is 1.57. The van der Waals surface area contributed by atoms with Crippen molar-refractivity contribution in [1.82, 2.24) is 9.55 Å². The Morgan fingerprint density at radius 3 is 2.89 bits per heavy atom. The first-order valence-corrected chi connectivity index (χ1v) is 8.00. The van der Waals surface area contributed by atoms with E-state index < -0.39 is 9.84 Å². The molecule has 0 radical (unpaired) electrons. The van der Waals surface area contributed by atoms with E-state index in [1.807, 2.05) is 10.8 Å². The molecule has 0 atom stereocenters. The molecule has 18 heavy (non-hydrogen) atoms. The van der Waals surface area contributed by atoms with Crippen molar-refractivity contribution in [2.75, 3.05) is 37.6 Å². The number of nitrogens with one attached hydrogen (secondary N) is 1. The SMILES string of the molecule is COCCCNc1nccn1CCCS(C)(=O)=O. The Morgan fingerprint density at radius 2 is 2.22 bits per heavy atom. The molecule has 0 saturated carbocycles. The number of anilines is 1. The summed E-state index contributed by atoms with van der Waals surface area (Å²) in [5, 5.41) is 3.20. The summed E-state index contributed by atoms with van der Waals surface area (Å²) >= 11 is 0. The average molecular weight is 275 g/mol. The lowest BCUT2D eigenvalue weighted by atomic mass is 10.4. The van der Waals surface area contributed by atoms with Crippen LogP contribution < -0.4 is 5.32 Å². The number of nitrogens with zero attached hydrogens (tertiary/aromatic N) is 2. The minimum absolute atomic E-state index is 0.203. The number of sulfone groups is 1. The van der Waals surface area contributed by atoms with E-state index in [0.717, 1.165) is 18.9 Å². The van der Waals surface area contributed by atoms with E-state index in [1.165, 1.54) is 6.26 Å². The predicted octanol–water partition coefficient (Wildman–Crippen LogP) is 0.766. The quantitative estimate of drug-likeness (QED) is 0.674. The highest BCUT2D eigenvalue weighted by molar-refractivity contribution is 7.90. The summed E-state index contributed by atoms with van der Waals surface area (Å²) in [6.45, 7) is 2.15. The topological polar surface area (TPSA) is 73.2 Å². The first-order chi connectivity index (χ1) is 8.53. The highest BCUT2D eigenvalue weighted by Gasteiger charge is 2.05. The summed E-state index contributed by atoms with van der Waals surface area (Å²) in [6.07, 6.45) is 6.32. The van der Waals surface area contributed by atoms with Gasteiger partial charge in [0.05, 0.1) is 5.75 Å². The molecule has 0 bridgehead atoms. The standard InChI is InChI=1S/C11H21N3O3S/c1-17-9-3-5-12-11-13-6-8-14(11)7-4-10-18(2,15)16/h6,8H,3-5,7,9-10H2,1-2H3,(H,12,13). The maximum absolute atomic E-state index is 11.0. The molecule has 0 amide bonds. The van der Waals surface area contributed by atoms with Gasteiger partial charge in [-0.2, -0.15) is 0 Å². The molecule has 0 aromatic carbocycles. The first kappa shape index (κ1) is 15.0. The number of aryl methyl sites for hydroxylation is 1. The molecule has 0 aliphatic rings. The van der Waals surface area contributed by atoms with Crippen molar-refractivity contribution in [1.29, 1.82) is 0 Å². The second-order valence-corrected chi connectivity index (χ2v) is 6.46. The monoisotopic (exact) mass is 275 g/mol. The van der Waals surface area contributed by atoms with Gasteiger partial charge < -0.3 is 14.6 Å². The fourth-order valence-corrected chi connectivity index (χ4v) is 2.22. The van der Waals surface area contributed by atoms with Gasteiger partial charge in [-0.25, -0.2) is 13.4 Å². The second kappa shape index (κ2) is 7.38. The van der Waals surface area contributed by atoms with E-state index in [-0.39, 0.29) is 5.75 Å². The highest BCUT2D eigenvalue weighted by Crippen LogP contribution is 2.06. The lowest BCUT2D eigenvalue weighted by Crippen LogP contribution is -2.12. The van der Waals surface area contributed by atoms with Crippen LogP contribution in [0.1, 0.15) is 12.8 Å². The van der Waals surface area contributed by atoms with E-state index in [9.17, 15) is 8.42 Å². The van der Waals surface area contributed by atoms with E-state index in [2.05, 4.69) is 10.3 Å². The number of rotatable bonds is 9. The maximum Gasteiger partial charge on any atom is 0.202 e. The minimum Gasteiger partial charge on any atom is -0.385 e. The Bertz CT molecular complexity index is 442. The summed E-state index contributed by atoms with van der Waals surface area (Å²) < 4.78 is 29.0. The van der Waals surface area contributed by atoms with Gasteiger partial charge in [0.15, 0.2) is 0 Å². The minimum atomic E-state index is -2.89. The van der Waals surface area contributed by atoms with Crippen LogP contribution >= 0.6 is 0 Å². The number of ether oxygens (including phenoxy) is 1. The zero-order valence-corrected chi connectivity index (χ0v) is 11.7. The van der Waals surface area contributed by atoms with Crippen molar-refractivity contribution in [2.45, 2.75) is 19.4 Å². The molecule has 1 aromatic heterocycles. The Hall–Kier alpha value is -1.08. The summed E-state index contributed by atoms with van der Waals surface area (Å²) in [5.41, 5.74) is 0. The van der Waals surface area contributed by atoms with Crippen LogP contribution in [0, 0.1) is 0 Å². The van der Waals surface area contributed by atoms with Gasteiger partial charge in [-0.1, -0.05) is 0 Å². The van der Waals surface area contributed by atoms with Crippen LogP contribution in [0.2, 0.25) is 0 Å². The number of methoxy groups -OCH3 is 1. The maximum atomic E-state index is 11.0. The van der Waals surface area contributed by atoms with E-state index >= 15 is 0 Å². The molecule has 0 aliphatic carbocycles. The van der Waals surface area contributed by atoms with Gasteiger partial charge in [0.25, 0.3) is 0 Å². The summed E-state index contributed by atoms with van der Waals surface area (Å²) in [4.78, 5) is 4.19. The molecule has 0 saturated heterocycles. The van der Waals surface area contributed by atoms with Gasteiger partial charge in [0, 0.05) is 45.5 Å². The predicted molar refractivity (Wildman–Crippen MR) is 71.5 cm³/mol. The smallest absolute Gasteiger partial charge is 0.202 e. The van der Waals surface area contributed by atoms with Crippen molar-refractivity contribution in [3.05, 3.63) is 12.4 Å². The number of aromatic nitrogens is 2. The Labute approximate surface area is 108 Å². The molecule has 0 spiro atoms. The molecule has 0 unspecified atom stereocenters. The third-order valence-electron chi connectivity index (χ3n) is 2.44. The lowest BCUT2D eigenvalue weighted by molar-refractivity contribution is 0.197. The molecule has 1 N–H and O–H groups in total. The number of imidazole rings is 1. The van der Waals surface area contributed by atoms with Gasteiger partial charge >= 0.3 is 0 Å². The average Bonchev–Trinajstić information content (AvgIpc) is 2.71. The summed E-state index contributed by atoms with van der Waals surface area (Å²) in [7, 11) is -1.21. The lowest BCUT2D eigenvalue weighted by Gasteiger charge is -2.09. The number of hydrogen-bond acceptors (Lipinski definition) is 5. The van der Waals surface area contributed by atoms with Gasteiger partial charge in [-0.15, -0.1) is 0 Å². The van der Waals surface area contributed by atoms with E-state index in [0.29, 0.717) is 19.6 Å². The highest BCUT2D eigenvalue weighted by atomic mass is 32.2. The van der Waals surface area contributed by atoms with Crippen LogP contribution in [-0.4, -0.2) is 50.2 Å². The van der Waals surface area contributed by atoms with Crippen molar-refractivity contribution >= 4 is 15.8 Å². The largest absolute Gasteiger partial charge is 0.385 e. The fraction of sp³-hybridized carbons (Fsp3) is 0.727. The van der Waals surface area contributed by atoms with Gasteiger partial charge in [-0.05, 0) is 12.8 Å². The Balaban J connectivity index is 2.35. The van der Waals surface area contributed by atoms with Gasteiger partial charge in [-0.3, -0.25) is 0 Å². The molecule has 0 aliphatic heterocycles. The Kier molecular flexibility index (Phi) is 6.14. The molecular weight excluding hydrogens is 254 g/mol. The summed E-state index contributed by atoms with van der Waals surface area (Å²) in [5.74, 6) is 0.980. The molecule has 1 rings (SSSR count). The van der Waals surface area contributed by atoms with Crippen molar-refractivity contribution < 1.29 is 13.2 Å². The van der Waals surface area contributed by atoms with Crippen LogP contribution in [0.15, 0.2) is 12.4 Å². The third-order valence-corrected chi connectivity index (χ3v) is 3.47. The van der Waals surface area contributed by atoms with Crippen LogP contribution in [0.5, 0.6) is 0 Å². The molecule has 7 heteroatoms. The van der Waals surface area contributed by atoms with Crippen molar-refractivity contribution in [3.8, 4) is 0 Å².